The monoisotopic (exact) mass is 832 g/mol. The first kappa shape index (κ1) is 41.0. The minimum Gasteiger partial charge on any atom is -0.508 e. The van der Waals surface area contributed by atoms with Crippen LogP contribution in [-0.2, 0) is 14.6 Å². The first-order valence-electron chi connectivity index (χ1n) is 17.5. The lowest BCUT2D eigenvalue weighted by Gasteiger charge is -2.20. The van der Waals surface area contributed by atoms with Crippen molar-refractivity contribution < 1.29 is 23.1 Å². The van der Waals surface area contributed by atoms with Crippen LogP contribution in [-0.4, -0.2) is 35.3 Å². The standard InChI is InChI=1S/C39H40Cl4N4O6S/c1-2-3-4-5-6-7-8-9-10-35(53-28-14-18-30(19-15-28)54(51,52)29-16-12-27(48)13-17-29)39(50)44-26-11-20-31(41)34(23-26)45-36-24-37(49)47(46-36)38-32(42)21-25(40)22-33(38)43/h11-24,35,45-46,48H,2-10H2,1H3,(H,44,50). The molecule has 0 spiro atoms. The van der Waals surface area contributed by atoms with Gasteiger partial charge in [-0.15, -0.1) is 0 Å². The van der Waals surface area contributed by atoms with Gasteiger partial charge in [0.2, 0.25) is 9.84 Å². The molecular weight excluding hydrogens is 794 g/mol. The van der Waals surface area contributed by atoms with Crippen LogP contribution in [0.2, 0.25) is 20.1 Å². The highest BCUT2D eigenvalue weighted by atomic mass is 35.5. The quantitative estimate of drug-likeness (QED) is 0.0644. The van der Waals surface area contributed by atoms with Crippen LogP contribution in [0.3, 0.4) is 0 Å². The topological polar surface area (TPSA) is 143 Å². The molecule has 1 amide bonds. The van der Waals surface area contributed by atoms with Crippen LogP contribution in [0, 0.1) is 0 Å². The van der Waals surface area contributed by atoms with Gasteiger partial charge < -0.3 is 20.5 Å². The number of halogens is 4. The third-order valence-electron chi connectivity index (χ3n) is 8.60. The van der Waals surface area contributed by atoms with E-state index in [0.717, 1.165) is 25.7 Å². The molecule has 54 heavy (non-hydrogen) atoms. The molecule has 0 aliphatic heterocycles. The second-order valence-electron chi connectivity index (χ2n) is 12.7. The molecular formula is C39H40Cl4N4O6S. The Hall–Kier alpha value is -4.13. The number of sulfone groups is 1. The third kappa shape index (κ3) is 10.8. The van der Waals surface area contributed by atoms with Crippen molar-refractivity contribution in [1.29, 1.82) is 0 Å². The molecule has 0 fully saturated rings. The van der Waals surface area contributed by atoms with Crippen LogP contribution in [0.1, 0.15) is 64.7 Å². The van der Waals surface area contributed by atoms with Crippen molar-refractivity contribution in [2.75, 3.05) is 10.6 Å². The summed E-state index contributed by atoms with van der Waals surface area (Å²) in [5.74, 6) is 0.160. The summed E-state index contributed by atoms with van der Waals surface area (Å²) in [6.45, 7) is 2.19. The van der Waals surface area contributed by atoms with Gasteiger partial charge in [-0.2, -0.15) is 0 Å². The number of phenolic OH excluding ortho intramolecular Hbond substituents is 1. The van der Waals surface area contributed by atoms with Gasteiger partial charge in [-0.1, -0.05) is 98.3 Å². The minimum atomic E-state index is -3.84. The Labute approximate surface area is 334 Å². The van der Waals surface area contributed by atoms with Crippen molar-refractivity contribution >= 4 is 79.3 Å². The number of hydrogen-bond acceptors (Lipinski definition) is 7. The third-order valence-corrected chi connectivity index (χ3v) is 11.5. The van der Waals surface area contributed by atoms with Crippen LogP contribution < -0.4 is 20.9 Å². The summed E-state index contributed by atoms with van der Waals surface area (Å²) in [5.41, 5.74) is 0.583. The van der Waals surface area contributed by atoms with Gasteiger partial charge in [0.1, 0.15) is 23.0 Å². The average molecular weight is 835 g/mol. The van der Waals surface area contributed by atoms with E-state index in [4.69, 9.17) is 51.1 Å². The number of aromatic hydroxyl groups is 1. The molecule has 1 aromatic heterocycles. The maximum absolute atomic E-state index is 13.7. The van der Waals surface area contributed by atoms with Gasteiger partial charge in [0.15, 0.2) is 6.10 Å². The molecule has 10 nitrogen and oxygen atoms in total. The SMILES string of the molecule is CCCCCCCCCCC(Oc1ccc(S(=O)(=O)c2ccc(O)cc2)cc1)C(=O)Nc1ccc(Cl)c(Nc2cc(=O)n(-c3c(Cl)cc(Cl)cc3Cl)[nH]2)c1. The highest BCUT2D eigenvalue weighted by Gasteiger charge is 2.23. The zero-order valence-corrected chi connectivity index (χ0v) is 33.2. The summed E-state index contributed by atoms with van der Waals surface area (Å²) in [4.78, 5) is 26.7. The number of nitrogens with one attached hydrogen (secondary N) is 3. The number of hydrogen-bond donors (Lipinski definition) is 4. The molecule has 5 rings (SSSR count). The average Bonchev–Trinajstić information content (AvgIpc) is 3.48. The van der Waals surface area contributed by atoms with Crippen molar-refractivity contribution in [2.24, 2.45) is 0 Å². The molecule has 0 aliphatic carbocycles. The smallest absolute Gasteiger partial charge is 0.273 e. The van der Waals surface area contributed by atoms with Crippen LogP contribution in [0.4, 0.5) is 17.2 Å². The maximum Gasteiger partial charge on any atom is 0.273 e. The number of rotatable bonds is 18. The molecule has 0 aliphatic rings. The van der Waals surface area contributed by atoms with E-state index in [9.17, 15) is 23.1 Å². The molecule has 1 unspecified atom stereocenters. The highest BCUT2D eigenvalue weighted by molar-refractivity contribution is 7.91. The van der Waals surface area contributed by atoms with Gasteiger partial charge in [-0.3, -0.25) is 14.7 Å². The van der Waals surface area contributed by atoms with E-state index in [2.05, 4.69) is 22.7 Å². The Morgan fingerprint density at radius 3 is 2.02 bits per heavy atom. The van der Waals surface area contributed by atoms with E-state index >= 15 is 0 Å². The number of carbonyl (C=O) groups is 1. The fraction of sp³-hybridized carbons (Fsp3) is 0.282. The van der Waals surface area contributed by atoms with Crippen molar-refractivity contribution in [3.63, 3.8) is 0 Å². The number of phenols is 1. The van der Waals surface area contributed by atoms with Gasteiger partial charge in [0.05, 0.1) is 30.5 Å². The Kier molecular flexibility index (Phi) is 14.4. The van der Waals surface area contributed by atoms with E-state index in [0.29, 0.717) is 33.6 Å². The largest absolute Gasteiger partial charge is 0.508 e. The van der Waals surface area contributed by atoms with Crippen LogP contribution in [0.15, 0.2) is 99.5 Å². The van der Waals surface area contributed by atoms with Crippen molar-refractivity contribution in [3.05, 3.63) is 115 Å². The lowest BCUT2D eigenvalue weighted by molar-refractivity contribution is -0.123. The number of H-pyrrole nitrogens is 1. The molecule has 1 atom stereocenters. The van der Waals surface area contributed by atoms with E-state index in [1.807, 2.05) is 0 Å². The Morgan fingerprint density at radius 1 is 0.796 bits per heavy atom. The molecule has 4 N–H and O–H groups in total. The zero-order valence-electron chi connectivity index (χ0n) is 29.4. The number of unbranched alkanes of at least 4 members (excludes halogenated alkanes) is 7. The van der Waals surface area contributed by atoms with Crippen molar-refractivity contribution in [2.45, 2.75) is 80.6 Å². The van der Waals surface area contributed by atoms with Crippen LogP contribution in [0.25, 0.3) is 5.69 Å². The number of carbonyl (C=O) groups excluding carboxylic acids is 1. The summed E-state index contributed by atoms with van der Waals surface area (Å²) in [5, 5.41) is 19.4. The highest BCUT2D eigenvalue weighted by Crippen LogP contribution is 2.33. The number of ether oxygens (including phenoxy) is 1. The number of benzene rings is 4. The van der Waals surface area contributed by atoms with Gasteiger partial charge in [-0.25, -0.2) is 13.1 Å². The summed E-state index contributed by atoms with van der Waals surface area (Å²) in [7, 11) is -3.84. The van der Waals surface area contributed by atoms with Crippen LogP contribution >= 0.6 is 46.4 Å². The second-order valence-corrected chi connectivity index (χ2v) is 16.3. The Balaban J connectivity index is 1.30. The van der Waals surface area contributed by atoms with Crippen molar-refractivity contribution in [1.82, 2.24) is 9.78 Å². The lowest BCUT2D eigenvalue weighted by Crippen LogP contribution is -2.33. The maximum atomic E-state index is 13.7. The molecule has 1 heterocycles. The van der Waals surface area contributed by atoms with E-state index < -0.39 is 27.4 Å². The molecule has 286 valence electrons. The Bertz CT molecular complexity index is 2200. The summed E-state index contributed by atoms with van der Waals surface area (Å²) >= 11 is 25.2. The molecule has 0 saturated carbocycles. The lowest BCUT2D eigenvalue weighted by atomic mass is 10.1. The fourth-order valence-electron chi connectivity index (χ4n) is 5.77. The van der Waals surface area contributed by atoms with Crippen LogP contribution in [0.5, 0.6) is 11.5 Å². The van der Waals surface area contributed by atoms with Crippen molar-refractivity contribution in [3.8, 4) is 17.2 Å². The molecule has 5 aromatic rings. The summed E-state index contributed by atoms with van der Waals surface area (Å²) < 4.78 is 33.6. The molecule has 15 heteroatoms. The Morgan fingerprint density at radius 2 is 1.39 bits per heavy atom. The minimum absolute atomic E-state index is 0.0389. The number of aromatic amines is 1. The number of aromatic nitrogens is 2. The molecule has 0 radical (unpaired) electrons. The number of anilines is 3. The number of amides is 1. The molecule has 0 bridgehead atoms. The summed E-state index contributed by atoms with van der Waals surface area (Å²) in [6, 6.07) is 20.3. The van der Waals surface area contributed by atoms with Gasteiger partial charge in [-0.05, 0) is 91.7 Å². The molecule has 0 saturated heterocycles. The first-order valence-corrected chi connectivity index (χ1v) is 20.5. The van der Waals surface area contributed by atoms with Gasteiger partial charge >= 0.3 is 0 Å². The van der Waals surface area contributed by atoms with Gasteiger partial charge in [0.25, 0.3) is 11.5 Å². The fourth-order valence-corrected chi connectivity index (χ4v) is 8.18. The zero-order chi connectivity index (χ0) is 38.8. The second kappa shape index (κ2) is 19.0. The first-order chi connectivity index (χ1) is 25.8. The predicted octanol–water partition coefficient (Wildman–Crippen LogP) is 11.0. The van der Waals surface area contributed by atoms with E-state index in [1.54, 1.807) is 18.2 Å². The molecule has 4 aromatic carbocycles. The van der Waals surface area contributed by atoms with E-state index in [-0.39, 0.29) is 37.1 Å². The number of nitrogens with zero attached hydrogens (tertiary/aromatic N) is 1. The summed E-state index contributed by atoms with van der Waals surface area (Å²) in [6.07, 6.45) is 8.21. The van der Waals surface area contributed by atoms with Gasteiger partial charge in [0, 0.05) is 16.8 Å². The predicted molar refractivity (Wildman–Crippen MR) is 216 cm³/mol. The normalized spacial score (nSPS) is 12.0. The van der Waals surface area contributed by atoms with E-state index in [1.165, 1.54) is 97.1 Å².